The first-order chi connectivity index (χ1) is 11.7. The van der Waals surface area contributed by atoms with Crippen LogP contribution in [0.2, 0.25) is 6.04 Å². The summed E-state index contributed by atoms with van der Waals surface area (Å²) in [7, 11) is -7.40. The quantitative estimate of drug-likeness (QED) is 0.346. The van der Waals surface area contributed by atoms with Gasteiger partial charge < -0.3 is 28.0 Å². The van der Waals surface area contributed by atoms with E-state index >= 15 is 0 Å². The van der Waals surface area contributed by atoms with E-state index in [0.717, 1.165) is 19.0 Å². The third-order valence-corrected chi connectivity index (χ3v) is 6.19. The summed E-state index contributed by atoms with van der Waals surface area (Å²) in [5, 5.41) is 0. The zero-order valence-electron chi connectivity index (χ0n) is 15.4. The van der Waals surface area contributed by atoms with Crippen LogP contribution in [-0.4, -0.2) is 38.4 Å². The number of phosphoric acid groups is 1. The van der Waals surface area contributed by atoms with Gasteiger partial charge in [0.25, 0.3) is 7.82 Å². The lowest BCUT2D eigenvalue weighted by Crippen LogP contribution is -2.46. The maximum atomic E-state index is 8.77. The van der Waals surface area contributed by atoms with Crippen LogP contribution in [0.4, 0.5) is 0 Å². The molecule has 8 nitrogen and oxygen atoms in total. The van der Waals surface area contributed by atoms with Crippen LogP contribution in [0.1, 0.15) is 33.3 Å². The highest BCUT2D eigenvalue weighted by Crippen LogP contribution is 2.19. The highest BCUT2D eigenvalue weighted by molar-refractivity contribution is 7.43. The minimum atomic E-state index is -4.89. The van der Waals surface area contributed by atoms with Gasteiger partial charge in [0, 0.05) is 38.0 Å². The number of pyridine rings is 1. The number of aromatic nitrogens is 1. The predicted octanol–water partition coefficient (Wildman–Crippen LogP) is 1.02. The van der Waals surface area contributed by atoms with Crippen LogP contribution >= 0.6 is 7.82 Å². The fourth-order valence-electron chi connectivity index (χ4n) is 2.16. The van der Waals surface area contributed by atoms with Crippen molar-refractivity contribution in [1.82, 2.24) is 0 Å². The Balaban J connectivity index is 0.00000101. The van der Waals surface area contributed by atoms with Crippen molar-refractivity contribution >= 4 is 16.6 Å². The number of hydrogen-bond donors (Lipinski definition) is 2. The molecule has 1 heterocycles. The minimum Gasteiger partial charge on any atom is -0.756 e. The first kappa shape index (κ1) is 24.4. The van der Waals surface area contributed by atoms with Crippen LogP contribution in [0, 0.1) is 0 Å². The van der Waals surface area contributed by atoms with Gasteiger partial charge in [0.2, 0.25) is 0 Å². The summed E-state index contributed by atoms with van der Waals surface area (Å²) in [5.74, 6) is 0. The van der Waals surface area contributed by atoms with Crippen LogP contribution in [0.15, 0.2) is 24.5 Å². The van der Waals surface area contributed by atoms with Crippen LogP contribution < -0.4 is 9.46 Å². The zero-order valence-corrected chi connectivity index (χ0v) is 17.3. The second-order valence-electron chi connectivity index (χ2n) is 5.01. The third kappa shape index (κ3) is 12.4. The smallest absolute Gasteiger partial charge is 0.501 e. The monoisotopic (exact) mass is 395 g/mol. The maximum Gasteiger partial charge on any atom is 0.501 e. The Morgan fingerprint density at radius 2 is 1.44 bits per heavy atom. The molecule has 0 saturated carbocycles. The van der Waals surface area contributed by atoms with E-state index in [4.69, 9.17) is 32.5 Å². The molecule has 0 fully saturated rings. The highest BCUT2D eigenvalue weighted by Gasteiger charge is 2.39. The molecule has 0 aliphatic heterocycles. The summed E-state index contributed by atoms with van der Waals surface area (Å²) in [6, 6.07) is 5.15. The second-order valence-corrected chi connectivity index (χ2v) is 8.72. The Morgan fingerprint density at radius 3 is 1.76 bits per heavy atom. The number of rotatable bonds is 10. The number of hydrogen-bond acceptors (Lipinski definition) is 5. The Hall–Kier alpha value is -0.643. The van der Waals surface area contributed by atoms with Crippen LogP contribution in [-0.2, 0) is 30.8 Å². The van der Waals surface area contributed by atoms with Crippen LogP contribution in [0.25, 0.3) is 0 Å². The summed E-state index contributed by atoms with van der Waals surface area (Å²) in [6.45, 7) is 11.0. The summed E-state index contributed by atoms with van der Waals surface area (Å²) < 4.78 is 28.5. The van der Waals surface area contributed by atoms with Crippen molar-refractivity contribution in [3.8, 4) is 0 Å². The SMILES string of the molecule is CCO[Si](CCc1cc[n+](CC)cc1)(OCC)OCC.O=P([O-])(O)O. The molecule has 1 aromatic heterocycles. The summed E-state index contributed by atoms with van der Waals surface area (Å²) in [6.07, 6.45) is 5.15. The molecule has 1 rings (SSSR count). The topological polar surface area (TPSA) is 112 Å². The zero-order chi connectivity index (χ0) is 19.3. The van der Waals surface area contributed by atoms with E-state index in [-0.39, 0.29) is 0 Å². The molecule has 2 N–H and O–H groups in total. The van der Waals surface area contributed by atoms with Gasteiger partial charge in [-0.3, -0.25) is 4.57 Å². The third-order valence-electron chi connectivity index (χ3n) is 3.14. The Kier molecular flexibility index (Phi) is 12.3. The molecule has 25 heavy (non-hydrogen) atoms. The van der Waals surface area contributed by atoms with Crippen molar-refractivity contribution in [2.75, 3.05) is 19.8 Å². The molecule has 0 bridgehead atoms. The van der Waals surface area contributed by atoms with Gasteiger partial charge in [0.05, 0.1) is 0 Å². The standard InChI is InChI=1S/C15H28NO3Si.H3O4P/c1-5-16-12-9-15(10-13-16)11-14-20(17-6-2,18-7-3)19-8-4;1-5(2,3)4/h9-10,12-13H,5-8,11,14H2,1-4H3;(H3,1,2,3,4)/q+1;/p-1. The lowest BCUT2D eigenvalue weighted by molar-refractivity contribution is -0.693. The van der Waals surface area contributed by atoms with Gasteiger partial charge in [-0.05, 0) is 39.7 Å². The molecular formula is C15H30NO7PSi. The molecule has 0 atom stereocenters. The lowest BCUT2D eigenvalue weighted by Gasteiger charge is -2.28. The Labute approximate surface area is 151 Å². The molecule has 0 unspecified atom stereocenters. The molecule has 1 aromatic rings. The number of aryl methyl sites for hydroxylation is 2. The fraction of sp³-hybridized carbons (Fsp3) is 0.667. The first-order valence-corrected chi connectivity index (χ1v) is 11.8. The van der Waals surface area contributed by atoms with Gasteiger partial charge >= 0.3 is 8.80 Å². The normalized spacial score (nSPS) is 11.8. The van der Waals surface area contributed by atoms with E-state index in [9.17, 15) is 0 Å². The summed E-state index contributed by atoms with van der Waals surface area (Å²) >= 11 is 0. The highest BCUT2D eigenvalue weighted by atomic mass is 31.2. The minimum absolute atomic E-state index is 0.636. The van der Waals surface area contributed by atoms with Gasteiger partial charge in [0.15, 0.2) is 12.4 Å². The number of nitrogens with zero attached hydrogens (tertiary/aromatic N) is 1. The first-order valence-electron chi connectivity index (χ1n) is 8.36. The molecule has 0 saturated heterocycles. The fourth-order valence-corrected chi connectivity index (χ4v) is 4.76. The molecule has 0 aliphatic carbocycles. The van der Waals surface area contributed by atoms with Crippen molar-refractivity contribution in [3.05, 3.63) is 30.1 Å². The molecule has 0 aromatic carbocycles. The van der Waals surface area contributed by atoms with Crippen molar-refractivity contribution in [3.63, 3.8) is 0 Å². The van der Waals surface area contributed by atoms with E-state index in [1.165, 1.54) is 5.56 Å². The van der Waals surface area contributed by atoms with Gasteiger partial charge in [-0.2, -0.15) is 0 Å². The summed E-state index contributed by atoms with van der Waals surface area (Å²) in [4.78, 5) is 22.9. The van der Waals surface area contributed by atoms with Crippen molar-refractivity contribution in [2.24, 2.45) is 0 Å². The molecule has 0 aliphatic rings. The lowest BCUT2D eigenvalue weighted by atomic mass is 10.2. The molecule has 146 valence electrons. The van der Waals surface area contributed by atoms with Gasteiger partial charge in [-0.15, -0.1) is 0 Å². The van der Waals surface area contributed by atoms with Crippen LogP contribution in [0.5, 0.6) is 0 Å². The average Bonchev–Trinajstić information content (AvgIpc) is 2.53. The van der Waals surface area contributed by atoms with Gasteiger partial charge in [-0.1, -0.05) is 0 Å². The largest absolute Gasteiger partial charge is 0.756 e. The average molecular weight is 395 g/mol. The summed E-state index contributed by atoms with van der Waals surface area (Å²) in [5.41, 5.74) is 1.30. The van der Waals surface area contributed by atoms with E-state index in [1.54, 1.807) is 0 Å². The van der Waals surface area contributed by atoms with E-state index in [0.29, 0.717) is 19.8 Å². The molecule has 10 heteroatoms. The molecule has 0 spiro atoms. The predicted molar refractivity (Wildman–Crippen MR) is 93.5 cm³/mol. The van der Waals surface area contributed by atoms with Crippen molar-refractivity contribution in [2.45, 2.75) is 46.7 Å². The van der Waals surface area contributed by atoms with Gasteiger partial charge in [0.1, 0.15) is 6.54 Å². The Morgan fingerprint density at radius 1 is 1.04 bits per heavy atom. The molecule has 0 radical (unpaired) electrons. The maximum absolute atomic E-state index is 8.77. The van der Waals surface area contributed by atoms with Crippen LogP contribution in [0.3, 0.4) is 0 Å². The molecular weight excluding hydrogens is 365 g/mol. The van der Waals surface area contributed by atoms with Crippen molar-refractivity contribution < 1.29 is 37.1 Å². The van der Waals surface area contributed by atoms with E-state index in [1.807, 2.05) is 20.8 Å². The van der Waals surface area contributed by atoms with E-state index < -0.39 is 16.6 Å². The van der Waals surface area contributed by atoms with E-state index in [2.05, 4.69) is 36.0 Å². The molecule has 0 amide bonds. The van der Waals surface area contributed by atoms with Crippen molar-refractivity contribution in [1.29, 1.82) is 0 Å². The van der Waals surface area contributed by atoms with Gasteiger partial charge in [-0.25, -0.2) is 4.57 Å². The second kappa shape index (κ2) is 12.7. The Bertz CT molecular complexity index is 484.